The van der Waals surface area contributed by atoms with Crippen LogP contribution in [0.2, 0.25) is 0 Å². The van der Waals surface area contributed by atoms with Crippen LogP contribution in [0.1, 0.15) is 5.56 Å². The van der Waals surface area contributed by atoms with E-state index in [2.05, 4.69) is 4.74 Å². The molecule has 16 heavy (non-hydrogen) atoms. The first-order valence-electron chi connectivity index (χ1n) is 4.99. The Morgan fingerprint density at radius 1 is 1.19 bits per heavy atom. The Morgan fingerprint density at radius 3 is 2.62 bits per heavy atom. The van der Waals surface area contributed by atoms with Crippen LogP contribution < -0.4 is 0 Å². The van der Waals surface area contributed by atoms with E-state index in [-0.39, 0.29) is 18.1 Å². The molecule has 0 aromatic heterocycles. The van der Waals surface area contributed by atoms with Crippen LogP contribution in [-0.4, -0.2) is 18.2 Å². The SMILES string of the molecule is COC(=O)Cc1cccc2c(O)cccc12. The van der Waals surface area contributed by atoms with Crippen molar-refractivity contribution in [3.05, 3.63) is 42.0 Å². The highest BCUT2D eigenvalue weighted by molar-refractivity contribution is 5.92. The number of phenolic OH excluding ortho intramolecular Hbond substituents is 1. The lowest BCUT2D eigenvalue weighted by Gasteiger charge is -2.06. The van der Waals surface area contributed by atoms with Crippen molar-refractivity contribution in [1.82, 2.24) is 0 Å². The predicted molar refractivity (Wildman–Crippen MR) is 61.3 cm³/mol. The highest BCUT2D eigenvalue weighted by Crippen LogP contribution is 2.27. The fraction of sp³-hybridized carbons (Fsp3) is 0.154. The Labute approximate surface area is 93.3 Å². The first-order valence-corrected chi connectivity index (χ1v) is 4.99. The molecule has 0 radical (unpaired) electrons. The summed E-state index contributed by atoms with van der Waals surface area (Å²) in [5.74, 6) is -0.0555. The number of carbonyl (C=O) groups is 1. The molecule has 3 nitrogen and oxygen atoms in total. The van der Waals surface area contributed by atoms with Gasteiger partial charge in [-0.3, -0.25) is 4.79 Å². The van der Waals surface area contributed by atoms with E-state index in [1.54, 1.807) is 12.1 Å². The number of methoxy groups -OCH3 is 1. The molecule has 0 atom stereocenters. The molecule has 2 rings (SSSR count). The molecule has 82 valence electrons. The van der Waals surface area contributed by atoms with Crippen molar-refractivity contribution in [2.75, 3.05) is 7.11 Å². The molecule has 0 amide bonds. The van der Waals surface area contributed by atoms with Gasteiger partial charge in [-0.05, 0) is 17.0 Å². The van der Waals surface area contributed by atoms with Gasteiger partial charge in [0.1, 0.15) is 5.75 Å². The summed E-state index contributed by atoms with van der Waals surface area (Å²) in [5, 5.41) is 11.3. The zero-order valence-electron chi connectivity index (χ0n) is 8.93. The van der Waals surface area contributed by atoms with Crippen molar-refractivity contribution >= 4 is 16.7 Å². The van der Waals surface area contributed by atoms with Gasteiger partial charge in [0.25, 0.3) is 0 Å². The number of aromatic hydroxyl groups is 1. The number of phenols is 1. The Kier molecular flexibility index (Phi) is 2.77. The lowest BCUT2D eigenvalue weighted by atomic mass is 10.0. The highest BCUT2D eigenvalue weighted by Gasteiger charge is 2.08. The lowest BCUT2D eigenvalue weighted by Crippen LogP contribution is -2.04. The van der Waals surface area contributed by atoms with E-state index in [9.17, 15) is 9.90 Å². The van der Waals surface area contributed by atoms with E-state index in [0.29, 0.717) is 0 Å². The zero-order valence-corrected chi connectivity index (χ0v) is 8.93. The van der Waals surface area contributed by atoms with Crippen LogP contribution in [0.3, 0.4) is 0 Å². The largest absolute Gasteiger partial charge is 0.507 e. The Bertz CT molecular complexity index is 532. The summed E-state index contributed by atoms with van der Waals surface area (Å²) >= 11 is 0. The van der Waals surface area contributed by atoms with Gasteiger partial charge in [0.05, 0.1) is 13.5 Å². The lowest BCUT2D eigenvalue weighted by molar-refractivity contribution is -0.139. The molecule has 3 heteroatoms. The van der Waals surface area contributed by atoms with E-state index in [1.807, 2.05) is 24.3 Å². The minimum Gasteiger partial charge on any atom is -0.507 e. The van der Waals surface area contributed by atoms with Gasteiger partial charge in [0.15, 0.2) is 0 Å². The van der Waals surface area contributed by atoms with Crippen LogP contribution in [-0.2, 0) is 16.0 Å². The third-order valence-electron chi connectivity index (χ3n) is 2.55. The average molecular weight is 216 g/mol. The second-order valence-electron chi connectivity index (χ2n) is 3.54. The molecular weight excluding hydrogens is 204 g/mol. The van der Waals surface area contributed by atoms with Crippen molar-refractivity contribution in [1.29, 1.82) is 0 Å². The molecule has 0 aliphatic rings. The van der Waals surface area contributed by atoms with Crippen molar-refractivity contribution in [3.8, 4) is 5.75 Å². The van der Waals surface area contributed by atoms with Gasteiger partial charge in [-0.15, -0.1) is 0 Å². The Morgan fingerprint density at radius 2 is 1.88 bits per heavy atom. The number of benzene rings is 2. The molecule has 2 aromatic carbocycles. The van der Waals surface area contributed by atoms with E-state index < -0.39 is 0 Å². The minimum absolute atomic E-state index is 0.220. The summed E-state index contributed by atoms with van der Waals surface area (Å²) in [7, 11) is 1.37. The monoisotopic (exact) mass is 216 g/mol. The summed E-state index contributed by atoms with van der Waals surface area (Å²) < 4.78 is 4.63. The molecule has 0 aliphatic carbocycles. The van der Waals surface area contributed by atoms with Crippen molar-refractivity contribution in [3.63, 3.8) is 0 Å². The molecule has 0 saturated heterocycles. The fourth-order valence-corrected chi connectivity index (χ4v) is 1.74. The molecule has 1 N–H and O–H groups in total. The maximum Gasteiger partial charge on any atom is 0.309 e. The topological polar surface area (TPSA) is 46.5 Å². The smallest absolute Gasteiger partial charge is 0.309 e. The highest BCUT2D eigenvalue weighted by atomic mass is 16.5. The molecular formula is C13H12O3. The third kappa shape index (κ3) is 1.84. The molecule has 0 saturated carbocycles. The first-order chi connectivity index (χ1) is 7.72. The summed E-state index contributed by atoms with van der Waals surface area (Å²) in [5.41, 5.74) is 0.861. The number of esters is 1. The summed E-state index contributed by atoms with van der Waals surface area (Å²) in [4.78, 5) is 11.2. The maximum atomic E-state index is 11.2. The summed E-state index contributed by atoms with van der Waals surface area (Å²) in [6.45, 7) is 0. The van der Waals surface area contributed by atoms with Crippen LogP contribution >= 0.6 is 0 Å². The number of ether oxygens (including phenoxy) is 1. The summed E-state index contributed by atoms with van der Waals surface area (Å²) in [6, 6.07) is 10.8. The number of hydrogen-bond acceptors (Lipinski definition) is 3. The van der Waals surface area contributed by atoms with Crippen molar-refractivity contribution in [2.45, 2.75) is 6.42 Å². The average Bonchev–Trinajstić information content (AvgIpc) is 2.30. The van der Waals surface area contributed by atoms with E-state index in [0.717, 1.165) is 16.3 Å². The van der Waals surface area contributed by atoms with Crippen molar-refractivity contribution < 1.29 is 14.6 Å². The van der Waals surface area contributed by atoms with Crippen LogP contribution in [0.5, 0.6) is 5.75 Å². The normalized spacial score (nSPS) is 10.3. The standard InChI is InChI=1S/C13H12O3/c1-16-13(15)8-9-4-2-6-11-10(9)5-3-7-12(11)14/h2-7,14H,8H2,1H3. The summed E-state index contributed by atoms with van der Waals surface area (Å²) in [6.07, 6.45) is 0.220. The molecule has 0 fully saturated rings. The third-order valence-corrected chi connectivity index (χ3v) is 2.55. The molecule has 0 bridgehead atoms. The van der Waals surface area contributed by atoms with E-state index in [4.69, 9.17) is 0 Å². The molecule has 0 unspecified atom stereocenters. The molecule has 0 aliphatic heterocycles. The number of carbonyl (C=O) groups excluding carboxylic acids is 1. The number of rotatable bonds is 2. The molecule has 0 heterocycles. The first kappa shape index (κ1) is 10.5. The van der Waals surface area contributed by atoms with E-state index in [1.165, 1.54) is 7.11 Å². The van der Waals surface area contributed by atoms with Gasteiger partial charge < -0.3 is 9.84 Å². The molecule has 2 aromatic rings. The fourth-order valence-electron chi connectivity index (χ4n) is 1.74. The Balaban J connectivity index is 2.54. The van der Waals surface area contributed by atoms with Crippen LogP contribution in [0, 0.1) is 0 Å². The second-order valence-corrected chi connectivity index (χ2v) is 3.54. The predicted octanol–water partition coefficient (Wildman–Crippen LogP) is 2.26. The van der Waals surface area contributed by atoms with Crippen LogP contribution in [0.25, 0.3) is 10.8 Å². The maximum absolute atomic E-state index is 11.2. The van der Waals surface area contributed by atoms with E-state index >= 15 is 0 Å². The van der Waals surface area contributed by atoms with Gasteiger partial charge in [-0.25, -0.2) is 0 Å². The zero-order chi connectivity index (χ0) is 11.5. The van der Waals surface area contributed by atoms with Gasteiger partial charge in [-0.2, -0.15) is 0 Å². The second kappa shape index (κ2) is 4.23. The van der Waals surface area contributed by atoms with Crippen molar-refractivity contribution in [2.24, 2.45) is 0 Å². The van der Waals surface area contributed by atoms with Gasteiger partial charge in [-0.1, -0.05) is 30.3 Å². The molecule has 0 spiro atoms. The number of fused-ring (bicyclic) bond motifs is 1. The number of hydrogen-bond donors (Lipinski definition) is 1. The quantitative estimate of drug-likeness (QED) is 0.783. The van der Waals surface area contributed by atoms with Crippen LogP contribution in [0.4, 0.5) is 0 Å². The van der Waals surface area contributed by atoms with Gasteiger partial charge in [0.2, 0.25) is 0 Å². The van der Waals surface area contributed by atoms with Gasteiger partial charge in [0, 0.05) is 5.39 Å². The van der Waals surface area contributed by atoms with Gasteiger partial charge >= 0.3 is 5.97 Å². The Hall–Kier alpha value is -2.03. The van der Waals surface area contributed by atoms with Crippen LogP contribution in [0.15, 0.2) is 36.4 Å². The minimum atomic E-state index is -0.282.